The fraction of sp³-hybridized carbons (Fsp3) is 0.333. The summed E-state index contributed by atoms with van der Waals surface area (Å²) in [6, 6.07) is 14.9. The van der Waals surface area contributed by atoms with Crippen molar-refractivity contribution in [2.24, 2.45) is 5.41 Å². The third-order valence-electron chi connectivity index (χ3n) is 4.39. The van der Waals surface area contributed by atoms with Crippen LogP contribution in [0.2, 0.25) is 0 Å². The smallest absolute Gasteiger partial charge is 0.239 e. The number of carbonyl (C=O) groups excluding carboxylic acids is 2. The molecule has 2 aromatic rings. The van der Waals surface area contributed by atoms with Crippen molar-refractivity contribution in [2.45, 2.75) is 20.4 Å². The van der Waals surface area contributed by atoms with Crippen LogP contribution in [0.3, 0.4) is 0 Å². The average molecular weight is 369 g/mol. The quantitative estimate of drug-likeness (QED) is 0.736. The molecule has 0 radical (unpaired) electrons. The molecule has 2 rings (SSSR count). The number of hydrogen-bond acceptors (Lipinski definition) is 4. The van der Waals surface area contributed by atoms with Gasteiger partial charge in [-0.3, -0.25) is 9.59 Å². The van der Waals surface area contributed by atoms with Crippen molar-refractivity contribution in [3.8, 4) is 5.75 Å². The van der Waals surface area contributed by atoms with Crippen molar-refractivity contribution in [2.75, 3.05) is 31.4 Å². The number of hydrogen-bond donors (Lipinski definition) is 2. The number of carbonyl (C=O) groups is 2. The number of methoxy groups -OCH3 is 1. The highest BCUT2D eigenvalue weighted by molar-refractivity contribution is 6.09. The first-order valence-corrected chi connectivity index (χ1v) is 8.74. The van der Waals surface area contributed by atoms with Gasteiger partial charge in [-0.05, 0) is 55.8 Å². The number of nitrogens with zero attached hydrogens (tertiary/aromatic N) is 1. The minimum absolute atomic E-state index is 0.333. The van der Waals surface area contributed by atoms with Crippen LogP contribution in [0, 0.1) is 5.41 Å². The van der Waals surface area contributed by atoms with E-state index in [2.05, 4.69) is 10.6 Å². The van der Waals surface area contributed by atoms with Gasteiger partial charge in [0.25, 0.3) is 0 Å². The number of rotatable bonds is 7. The number of benzene rings is 2. The summed E-state index contributed by atoms with van der Waals surface area (Å²) < 4.78 is 5.11. The zero-order valence-corrected chi connectivity index (χ0v) is 16.5. The number of ether oxygens (including phenoxy) is 1. The van der Waals surface area contributed by atoms with Gasteiger partial charge < -0.3 is 20.3 Å². The Morgan fingerprint density at radius 3 is 2.07 bits per heavy atom. The Bertz CT molecular complexity index is 781. The lowest BCUT2D eigenvalue weighted by molar-refractivity contribution is -0.138. The zero-order chi connectivity index (χ0) is 20.0. The van der Waals surface area contributed by atoms with Crippen LogP contribution in [0.5, 0.6) is 5.75 Å². The summed E-state index contributed by atoms with van der Waals surface area (Å²) in [6.45, 7) is 3.57. The van der Waals surface area contributed by atoms with Crippen LogP contribution < -0.4 is 20.3 Å². The topological polar surface area (TPSA) is 70.7 Å². The summed E-state index contributed by atoms with van der Waals surface area (Å²) in [5.41, 5.74) is 1.41. The maximum absolute atomic E-state index is 12.6. The molecule has 144 valence electrons. The third kappa shape index (κ3) is 5.23. The summed E-state index contributed by atoms with van der Waals surface area (Å²) in [5, 5.41) is 5.63. The highest BCUT2D eigenvalue weighted by atomic mass is 16.5. The molecule has 0 heterocycles. The molecule has 6 nitrogen and oxygen atoms in total. The van der Waals surface area contributed by atoms with Crippen LogP contribution in [-0.2, 0) is 16.1 Å². The Hall–Kier alpha value is -3.02. The second-order valence-electron chi connectivity index (χ2n) is 7.05. The molecule has 0 bridgehead atoms. The fourth-order valence-corrected chi connectivity index (χ4v) is 2.38. The average Bonchev–Trinajstić information content (AvgIpc) is 2.66. The van der Waals surface area contributed by atoms with E-state index in [1.165, 1.54) is 0 Å². The van der Waals surface area contributed by atoms with Crippen molar-refractivity contribution >= 4 is 23.2 Å². The first kappa shape index (κ1) is 20.3. The molecule has 0 spiro atoms. The lowest BCUT2D eigenvalue weighted by Gasteiger charge is -2.23. The molecule has 0 aromatic heterocycles. The number of nitrogens with one attached hydrogen (secondary N) is 2. The van der Waals surface area contributed by atoms with E-state index in [0.717, 1.165) is 17.0 Å². The van der Waals surface area contributed by atoms with Crippen LogP contribution in [0.25, 0.3) is 0 Å². The Labute approximate surface area is 160 Å². The summed E-state index contributed by atoms with van der Waals surface area (Å²) in [5.74, 6) is 0.0677. The second kappa shape index (κ2) is 8.58. The Morgan fingerprint density at radius 2 is 1.56 bits per heavy atom. The molecule has 0 aliphatic rings. The molecule has 0 unspecified atom stereocenters. The molecule has 0 saturated heterocycles. The lowest BCUT2D eigenvalue weighted by atomic mass is 9.90. The minimum Gasteiger partial charge on any atom is -0.497 e. The fourth-order valence-electron chi connectivity index (χ4n) is 2.38. The van der Waals surface area contributed by atoms with Gasteiger partial charge in [-0.1, -0.05) is 12.1 Å². The van der Waals surface area contributed by atoms with E-state index in [-0.39, 0.29) is 11.8 Å². The molecule has 2 aromatic carbocycles. The van der Waals surface area contributed by atoms with Crippen LogP contribution in [0.1, 0.15) is 19.4 Å². The molecule has 0 aliphatic carbocycles. The number of anilines is 2. The first-order valence-electron chi connectivity index (χ1n) is 8.74. The highest BCUT2D eigenvalue weighted by Gasteiger charge is 2.35. The monoisotopic (exact) mass is 369 g/mol. The molecule has 6 heteroatoms. The van der Waals surface area contributed by atoms with E-state index in [4.69, 9.17) is 4.74 Å². The summed E-state index contributed by atoms with van der Waals surface area (Å²) in [4.78, 5) is 27.1. The van der Waals surface area contributed by atoms with Gasteiger partial charge in [0.15, 0.2) is 0 Å². The molecule has 0 saturated carbocycles. The van der Waals surface area contributed by atoms with Crippen LogP contribution in [-0.4, -0.2) is 33.0 Å². The van der Waals surface area contributed by atoms with Gasteiger partial charge >= 0.3 is 0 Å². The van der Waals surface area contributed by atoms with Crippen molar-refractivity contribution in [1.82, 2.24) is 5.32 Å². The van der Waals surface area contributed by atoms with Crippen molar-refractivity contribution in [1.29, 1.82) is 0 Å². The first-order chi connectivity index (χ1) is 12.7. The van der Waals surface area contributed by atoms with Gasteiger partial charge in [-0.25, -0.2) is 0 Å². The van der Waals surface area contributed by atoms with E-state index >= 15 is 0 Å². The summed E-state index contributed by atoms with van der Waals surface area (Å²) >= 11 is 0. The Kier molecular flexibility index (Phi) is 6.45. The van der Waals surface area contributed by atoms with Crippen LogP contribution in [0.15, 0.2) is 48.5 Å². The molecule has 2 N–H and O–H groups in total. The molecule has 2 amide bonds. The van der Waals surface area contributed by atoms with E-state index < -0.39 is 5.41 Å². The van der Waals surface area contributed by atoms with E-state index in [0.29, 0.717) is 12.2 Å². The van der Waals surface area contributed by atoms with Crippen LogP contribution in [0.4, 0.5) is 11.4 Å². The maximum Gasteiger partial charge on any atom is 0.239 e. The van der Waals surface area contributed by atoms with Crippen molar-refractivity contribution < 1.29 is 14.3 Å². The largest absolute Gasteiger partial charge is 0.497 e. The predicted molar refractivity (Wildman–Crippen MR) is 108 cm³/mol. The predicted octanol–water partition coefficient (Wildman–Crippen LogP) is 3.04. The number of amides is 2. The SMILES string of the molecule is COc1ccc(CNC(=O)C(C)(C)C(=O)Nc2ccc(N(C)C)cc2)cc1. The maximum atomic E-state index is 12.6. The minimum atomic E-state index is -1.20. The van der Waals surface area contributed by atoms with Crippen LogP contribution >= 0.6 is 0 Å². The van der Waals surface area contributed by atoms with Crippen molar-refractivity contribution in [3.05, 3.63) is 54.1 Å². The summed E-state index contributed by atoms with van der Waals surface area (Å²) in [7, 11) is 5.50. The molecule has 0 aliphatic heterocycles. The van der Waals surface area contributed by atoms with E-state index in [1.54, 1.807) is 21.0 Å². The van der Waals surface area contributed by atoms with E-state index in [9.17, 15) is 9.59 Å². The third-order valence-corrected chi connectivity index (χ3v) is 4.39. The molecule has 27 heavy (non-hydrogen) atoms. The molecular formula is C21H27N3O3. The van der Waals surface area contributed by atoms with Gasteiger partial charge in [0.2, 0.25) is 11.8 Å². The zero-order valence-electron chi connectivity index (χ0n) is 16.5. The van der Waals surface area contributed by atoms with Gasteiger partial charge in [0, 0.05) is 32.0 Å². The van der Waals surface area contributed by atoms with Crippen molar-refractivity contribution in [3.63, 3.8) is 0 Å². The molecule has 0 fully saturated rings. The lowest BCUT2D eigenvalue weighted by Crippen LogP contribution is -2.44. The summed E-state index contributed by atoms with van der Waals surface area (Å²) in [6.07, 6.45) is 0. The van der Waals surface area contributed by atoms with Gasteiger partial charge in [0.1, 0.15) is 11.2 Å². The highest BCUT2D eigenvalue weighted by Crippen LogP contribution is 2.21. The molecule has 0 atom stereocenters. The Balaban J connectivity index is 1.95. The van der Waals surface area contributed by atoms with Gasteiger partial charge in [0.05, 0.1) is 7.11 Å². The van der Waals surface area contributed by atoms with E-state index in [1.807, 2.05) is 67.5 Å². The molecular weight excluding hydrogens is 342 g/mol. The second-order valence-corrected chi connectivity index (χ2v) is 7.05. The van der Waals surface area contributed by atoms with Gasteiger partial charge in [-0.15, -0.1) is 0 Å². The van der Waals surface area contributed by atoms with Gasteiger partial charge in [-0.2, -0.15) is 0 Å². The normalized spacial score (nSPS) is 10.9. The Morgan fingerprint density at radius 1 is 0.963 bits per heavy atom. The standard InChI is InChI=1S/C21H27N3O3/c1-21(2,19(25)22-14-15-6-12-18(27-5)13-7-15)20(26)23-16-8-10-17(11-9-16)24(3)4/h6-13H,14H2,1-5H3,(H,22,25)(H,23,26).